The van der Waals surface area contributed by atoms with Gasteiger partial charge in [-0.3, -0.25) is 0 Å². The number of nitrogens with two attached hydrogens (primary N) is 1. The summed E-state index contributed by atoms with van der Waals surface area (Å²) in [5, 5.41) is 8.31. The average molecular weight is 220 g/mol. The second-order valence-electron chi connectivity index (χ2n) is 2.89. The Balaban J connectivity index is 2.98. The SMILES string of the molecule is CCOc1c(N)cccc1C(=O)OCC#N. The van der Waals surface area contributed by atoms with Gasteiger partial charge >= 0.3 is 5.97 Å². The van der Waals surface area contributed by atoms with Crippen LogP contribution < -0.4 is 10.5 Å². The number of carbonyl (C=O) groups is 1. The third-order valence-electron chi connectivity index (χ3n) is 1.82. The zero-order valence-corrected chi connectivity index (χ0v) is 8.90. The highest BCUT2D eigenvalue weighted by Crippen LogP contribution is 2.26. The van der Waals surface area contributed by atoms with Crippen molar-refractivity contribution in [2.45, 2.75) is 6.92 Å². The Labute approximate surface area is 93.4 Å². The van der Waals surface area contributed by atoms with E-state index in [-0.39, 0.29) is 12.2 Å². The van der Waals surface area contributed by atoms with Crippen LogP contribution in [0.4, 0.5) is 5.69 Å². The van der Waals surface area contributed by atoms with Gasteiger partial charge in [0.2, 0.25) is 0 Å². The van der Waals surface area contributed by atoms with E-state index >= 15 is 0 Å². The van der Waals surface area contributed by atoms with Crippen molar-refractivity contribution in [2.75, 3.05) is 18.9 Å². The van der Waals surface area contributed by atoms with Crippen LogP contribution in [0.1, 0.15) is 17.3 Å². The number of nitrogens with zero attached hydrogens (tertiary/aromatic N) is 1. The van der Waals surface area contributed by atoms with Crippen LogP contribution in [-0.2, 0) is 4.74 Å². The van der Waals surface area contributed by atoms with Crippen LogP contribution >= 0.6 is 0 Å². The highest BCUT2D eigenvalue weighted by Gasteiger charge is 2.15. The number of para-hydroxylation sites is 1. The first-order valence-corrected chi connectivity index (χ1v) is 4.76. The minimum Gasteiger partial charge on any atom is -0.491 e. The molecule has 0 spiro atoms. The highest BCUT2D eigenvalue weighted by atomic mass is 16.5. The summed E-state index contributed by atoms with van der Waals surface area (Å²) < 4.78 is 9.94. The molecule has 0 amide bonds. The van der Waals surface area contributed by atoms with Crippen molar-refractivity contribution in [1.82, 2.24) is 0 Å². The second-order valence-corrected chi connectivity index (χ2v) is 2.89. The molecule has 5 heteroatoms. The molecule has 16 heavy (non-hydrogen) atoms. The van der Waals surface area contributed by atoms with Gasteiger partial charge in [0.05, 0.1) is 12.3 Å². The Bertz CT molecular complexity index is 424. The Morgan fingerprint density at radius 2 is 2.31 bits per heavy atom. The van der Waals surface area contributed by atoms with Crippen molar-refractivity contribution in [3.63, 3.8) is 0 Å². The maximum atomic E-state index is 11.5. The summed E-state index contributed by atoms with van der Waals surface area (Å²) in [6, 6.07) is 6.52. The van der Waals surface area contributed by atoms with E-state index in [9.17, 15) is 4.79 Å². The molecule has 84 valence electrons. The third-order valence-corrected chi connectivity index (χ3v) is 1.82. The molecule has 0 aliphatic rings. The second kappa shape index (κ2) is 5.61. The van der Waals surface area contributed by atoms with Crippen LogP contribution in [0.2, 0.25) is 0 Å². The zero-order chi connectivity index (χ0) is 12.0. The van der Waals surface area contributed by atoms with Gasteiger partial charge in [0.1, 0.15) is 11.6 Å². The predicted octanol–water partition coefficient (Wildman–Crippen LogP) is 1.35. The fourth-order valence-electron chi connectivity index (χ4n) is 1.20. The summed E-state index contributed by atoms with van der Waals surface area (Å²) in [5.41, 5.74) is 6.28. The lowest BCUT2D eigenvalue weighted by atomic mass is 10.2. The first kappa shape index (κ1) is 11.9. The minimum absolute atomic E-state index is 0.233. The summed E-state index contributed by atoms with van der Waals surface area (Å²) in [5.74, 6) is -0.315. The average Bonchev–Trinajstić information content (AvgIpc) is 2.29. The van der Waals surface area contributed by atoms with Gasteiger partial charge in [-0.15, -0.1) is 0 Å². The number of rotatable bonds is 4. The lowest BCUT2D eigenvalue weighted by Crippen LogP contribution is -2.09. The van der Waals surface area contributed by atoms with Crippen LogP contribution in [-0.4, -0.2) is 19.2 Å². The van der Waals surface area contributed by atoms with Gasteiger partial charge in [-0.05, 0) is 19.1 Å². The molecule has 0 atom stereocenters. The molecule has 0 aliphatic carbocycles. The summed E-state index contributed by atoms with van der Waals surface area (Å²) >= 11 is 0. The molecule has 0 fully saturated rings. The predicted molar refractivity (Wildman–Crippen MR) is 57.9 cm³/mol. The van der Waals surface area contributed by atoms with Crippen molar-refractivity contribution in [3.8, 4) is 11.8 Å². The van der Waals surface area contributed by atoms with E-state index in [4.69, 9.17) is 15.7 Å². The van der Waals surface area contributed by atoms with Crippen LogP contribution in [0, 0.1) is 11.3 Å². The van der Waals surface area contributed by atoms with Crippen LogP contribution in [0.25, 0.3) is 0 Å². The maximum absolute atomic E-state index is 11.5. The molecule has 0 aromatic heterocycles. The molecule has 5 nitrogen and oxygen atoms in total. The molecule has 0 unspecified atom stereocenters. The number of nitrogen functional groups attached to an aromatic ring is 1. The number of esters is 1. The molecular formula is C11H12N2O3. The highest BCUT2D eigenvalue weighted by molar-refractivity contribution is 5.94. The van der Waals surface area contributed by atoms with E-state index in [0.717, 1.165) is 0 Å². The zero-order valence-electron chi connectivity index (χ0n) is 8.90. The Hall–Kier alpha value is -2.22. The number of hydrogen-bond acceptors (Lipinski definition) is 5. The number of nitriles is 1. The molecule has 1 rings (SSSR count). The van der Waals surface area contributed by atoms with E-state index in [2.05, 4.69) is 4.74 Å². The first-order chi connectivity index (χ1) is 7.70. The molecule has 0 saturated heterocycles. The molecule has 0 heterocycles. The summed E-state index contributed by atoms with van der Waals surface area (Å²) in [4.78, 5) is 11.5. The van der Waals surface area contributed by atoms with Crippen LogP contribution in [0.15, 0.2) is 18.2 Å². The van der Waals surface area contributed by atoms with Crippen LogP contribution in [0.3, 0.4) is 0 Å². The van der Waals surface area contributed by atoms with Gasteiger partial charge < -0.3 is 15.2 Å². The number of ether oxygens (including phenoxy) is 2. The monoisotopic (exact) mass is 220 g/mol. The minimum atomic E-state index is -0.614. The Kier molecular flexibility index (Phi) is 4.16. The molecule has 1 aromatic carbocycles. The van der Waals surface area contributed by atoms with Crippen molar-refractivity contribution >= 4 is 11.7 Å². The van der Waals surface area contributed by atoms with E-state index in [1.165, 1.54) is 0 Å². The smallest absolute Gasteiger partial charge is 0.343 e. The molecular weight excluding hydrogens is 208 g/mol. The lowest BCUT2D eigenvalue weighted by molar-refractivity contribution is 0.0550. The summed E-state index contributed by atoms with van der Waals surface area (Å²) in [6.45, 7) is 1.89. The van der Waals surface area contributed by atoms with Gasteiger partial charge in [0, 0.05) is 0 Å². The van der Waals surface area contributed by atoms with Gasteiger partial charge in [-0.25, -0.2) is 4.79 Å². The first-order valence-electron chi connectivity index (χ1n) is 4.76. The topological polar surface area (TPSA) is 85.3 Å². The maximum Gasteiger partial charge on any atom is 0.343 e. The quantitative estimate of drug-likeness (QED) is 0.611. The summed E-state index contributed by atoms with van der Waals surface area (Å²) in [6.07, 6.45) is 0. The van der Waals surface area contributed by atoms with E-state index in [1.807, 2.05) is 0 Å². The normalized spacial score (nSPS) is 9.25. The van der Waals surface area contributed by atoms with Crippen molar-refractivity contribution < 1.29 is 14.3 Å². The van der Waals surface area contributed by atoms with Crippen molar-refractivity contribution in [3.05, 3.63) is 23.8 Å². The van der Waals surface area contributed by atoms with Crippen LogP contribution in [0.5, 0.6) is 5.75 Å². The van der Waals surface area contributed by atoms with Crippen molar-refractivity contribution in [1.29, 1.82) is 5.26 Å². The van der Waals surface area contributed by atoms with Gasteiger partial charge in [-0.2, -0.15) is 5.26 Å². The van der Waals surface area contributed by atoms with Gasteiger partial charge in [0.15, 0.2) is 12.4 Å². The number of carbonyl (C=O) groups excluding carboxylic acids is 1. The van der Waals surface area contributed by atoms with Crippen molar-refractivity contribution in [2.24, 2.45) is 0 Å². The molecule has 1 aromatic rings. The van der Waals surface area contributed by atoms with Gasteiger partial charge in [-0.1, -0.05) is 6.07 Å². The lowest BCUT2D eigenvalue weighted by Gasteiger charge is -2.10. The number of hydrogen-bond donors (Lipinski definition) is 1. The fourth-order valence-corrected chi connectivity index (χ4v) is 1.20. The molecule has 2 N–H and O–H groups in total. The fraction of sp³-hybridized carbons (Fsp3) is 0.273. The molecule has 0 bridgehead atoms. The Morgan fingerprint density at radius 3 is 2.94 bits per heavy atom. The molecule has 0 saturated carbocycles. The number of anilines is 1. The van der Waals surface area contributed by atoms with E-state index in [1.54, 1.807) is 31.2 Å². The standard InChI is InChI=1S/C11H12N2O3/c1-2-15-10-8(4-3-5-9(10)13)11(14)16-7-6-12/h3-5H,2,7,13H2,1H3. The Morgan fingerprint density at radius 1 is 1.56 bits per heavy atom. The van der Waals surface area contributed by atoms with E-state index in [0.29, 0.717) is 18.0 Å². The summed E-state index contributed by atoms with van der Waals surface area (Å²) in [7, 11) is 0. The van der Waals surface area contributed by atoms with Gasteiger partial charge in [0.25, 0.3) is 0 Å². The van der Waals surface area contributed by atoms with E-state index < -0.39 is 5.97 Å². The number of benzene rings is 1. The third kappa shape index (κ3) is 2.64. The molecule has 0 radical (unpaired) electrons. The largest absolute Gasteiger partial charge is 0.491 e. The molecule has 0 aliphatic heterocycles.